The molecule has 0 aromatic rings. The van der Waals surface area contributed by atoms with Crippen LogP contribution in [0.5, 0.6) is 0 Å². The van der Waals surface area contributed by atoms with Gasteiger partial charge in [-0.25, -0.2) is 0 Å². The van der Waals surface area contributed by atoms with Crippen molar-refractivity contribution < 1.29 is 15.0 Å². The first kappa shape index (κ1) is 8.81. The Bertz CT molecular complexity index is 160. The van der Waals surface area contributed by atoms with Gasteiger partial charge >= 0.3 is 5.97 Å². The van der Waals surface area contributed by atoms with Gasteiger partial charge in [0.15, 0.2) is 0 Å². The molecule has 1 aliphatic rings. The van der Waals surface area contributed by atoms with Crippen LogP contribution in [0, 0.1) is 5.92 Å². The molecular formula is C7H11ClO3. The van der Waals surface area contributed by atoms with Crippen LogP contribution in [0.4, 0.5) is 0 Å². The third-order valence-corrected chi connectivity index (χ3v) is 2.59. The van der Waals surface area contributed by atoms with E-state index in [9.17, 15) is 9.90 Å². The quantitative estimate of drug-likeness (QED) is 0.585. The van der Waals surface area contributed by atoms with Gasteiger partial charge in [0.25, 0.3) is 0 Å². The zero-order chi connectivity index (χ0) is 8.43. The van der Waals surface area contributed by atoms with Gasteiger partial charge in [0, 0.05) is 0 Å². The monoisotopic (exact) mass is 178 g/mol. The maximum atomic E-state index is 10.5. The van der Waals surface area contributed by atoms with E-state index in [-0.39, 0.29) is 5.38 Å². The van der Waals surface area contributed by atoms with Gasteiger partial charge in [-0.3, -0.25) is 4.79 Å². The summed E-state index contributed by atoms with van der Waals surface area (Å²) in [5, 5.41) is 17.5. The molecule has 1 rings (SSSR count). The van der Waals surface area contributed by atoms with Gasteiger partial charge in [-0.15, -0.1) is 11.6 Å². The van der Waals surface area contributed by atoms with Crippen molar-refractivity contribution in [2.24, 2.45) is 5.92 Å². The van der Waals surface area contributed by atoms with Crippen LogP contribution < -0.4 is 0 Å². The summed E-state index contributed by atoms with van der Waals surface area (Å²) in [7, 11) is 0. The SMILES string of the molecule is O=C(O)C1CCC(Cl)C(O)C1. The molecule has 11 heavy (non-hydrogen) atoms. The lowest BCUT2D eigenvalue weighted by Crippen LogP contribution is -2.33. The van der Waals surface area contributed by atoms with Crippen molar-refractivity contribution in [3.63, 3.8) is 0 Å². The number of carbonyl (C=O) groups is 1. The van der Waals surface area contributed by atoms with E-state index in [1.165, 1.54) is 0 Å². The van der Waals surface area contributed by atoms with E-state index < -0.39 is 18.0 Å². The van der Waals surface area contributed by atoms with Crippen molar-refractivity contribution in [3.05, 3.63) is 0 Å². The summed E-state index contributed by atoms with van der Waals surface area (Å²) in [6, 6.07) is 0. The number of carboxylic acid groups (broad SMARTS) is 1. The Hall–Kier alpha value is -0.280. The van der Waals surface area contributed by atoms with Crippen LogP contribution in [0.2, 0.25) is 0 Å². The summed E-state index contributed by atoms with van der Waals surface area (Å²) in [4.78, 5) is 10.5. The van der Waals surface area contributed by atoms with E-state index in [4.69, 9.17) is 16.7 Å². The molecule has 3 atom stereocenters. The largest absolute Gasteiger partial charge is 0.481 e. The molecule has 0 radical (unpaired) electrons. The van der Waals surface area contributed by atoms with E-state index >= 15 is 0 Å². The fourth-order valence-electron chi connectivity index (χ4n) is 1.33. The molecule has 0 bridgehead atoms. The average Bonchev–Trinajstić information content (AvgIpc) is 1.94. The molecule has 0 aromatic carbocycles. The second-order valence-electron chi connectivity index (χ2n) is 2.93. The van der Waals surface area contributed by atoms with Crippen LogP contribution >= 0.6 is 11.6 Å². The van der Waals surface area contributed by atoms with Crippen LogP contribution in [0.1, 0.15) is 19.3 Å². The average molecular weight is 179 g/mol. The third-order valence-electron chi connectivity index (χ3n) is 2.08. The maximum absolute atomic E-state index is 10.5. The molecule has 0 saturated heterocycles. The molecule has 3 unspecified atom stereocenters. The van der Waals surface area contributed by atoms with Gasteiger partial charge in [-0.2, -0.15) is 0 Å². The van der Waals surface area contributed by atoms with E-state index in [0.29, 0.717) is 19.3 Å². The number of carboxylic acids is 1. The summed E-state index contributed by atoms with van der Waals surface area (Å²) in [6.07, 6.45) is 0.829. The fourth-order valence-corrected chi connectivity index (χ4v) is 1.56. The number of hydrogen-bond acceptors (Lipinski definition) is 2. The van der Waals surface area contributed by atoms with Crippen molar-refractivity contribution in [3.8, 4) is 0 Å². The second kappa shape index (κ2) is 3.41. The van der Waals surface area contributed by atoms with E-state index in [1.807, 2.05) is 0 Å². The molecule has 4 heteroatoms. The molecule has 1 saturated carbocycles. The molecule has 2 N–H and O–H groups in total. The lowest BCUT2D eigenvalue weighted by Gasteiger charge is -2.26. The normalized spacial score (nSPS) is 38.5. The Morgan fingerprint density at radius 2 is 2.09 bits per heavy atom. The van der Waals surface area contributed by atoms with Gasteiger partial charge in [0.1, 0.15) is 0 Å². The number of halogens is 1. The molecule has 0 aromatic heterocycles. The predicted octanol–water partition coefficient (Wildman–Crippen LogP) is 0.839. The van der Waals surface area contributed by atoms with Gasteiger partial charge < -0.3 is 10.2 Å². The Morgan fingerprint density at radius 1 is 1.45 bits per heavy atom. The first-order valence-corrected chi connectivity index (χ1v) is 4.10. The fraction of sp³-hybridized carbons (Fsp3) is 0.857. The highest BCUT2D eigenvalue weighted by molar-refractivity contribution is 6.21. The van der Waals surface area contributed by atoms with Crippen LogP contribution in [0.15, 0.2) is 0 Å². The highest BCUT2D eigenvalue weighted by Crippen LogP contribution is 2.27. The summed E-state index contributed by atoms with van der Waals surface area (Å²) in [5.74, 6) is -1.23. The number of aliphatic hydroxyl groups is 1. The second-order valence-corrected chi connectivity index (χ2v) is 3.49. The lowest BCUT2D eigenvalue weighted by molar-refractivity contribution is -0.144. The van der Waals surface area contributed by atoms with Gasteiger partial charge in [-0.1, -0.05) is 0 Å². The standard InChI is InChI=1S/C7H11ClO3/c8-5-2-1-4(7(10)11)3-6(5)9/h4-6,9H,1-3H2,(H,10,11). The maximum Gasteiger partial charge on any atom is 0.306 e. The van der Waals surface area contributed by atoms with Crippen LogP contribution in [0.25, 0.3) is 0 Å². The van der Waals surface area contributed by atoms with Gasteiger partial charge in [0.2, 0.25) is 0 Å². The van der Waals surface area contributed by atoms with Crippen molar-refractivity contribution in [1.82, 2.24) is 0 Å². The molecular weight excluding hydrogens is 168 g/mol. The molecule has 1 aliphatic carbocycles. The van der Waals surface area contributed by atoms with Crippen molar-refractivity contribution >= 4 is 17.6 Å². The Morgan fingerprint density at radius 3 is 2.55 bits per heavy atom. The molecule has 0 spiro atoms. The Labute approximate surface area is 70.0 Å². The van der Waals surface area contributed by atoms with Crippen LogP contribution in [-0.2, 0) is 4.79 Å². The minimum absolute atomic E-state index is 0.259. The number of aliphatic carboxylic acids is 1. The molecule has 3 nitrogen and oxygen atoms in total. The minimum Gasteiger partial charge on any atom is -0.481 e. The zero-order valence-corrected chi connectivity index (χ0v) is 6.79. The smallest absolute Gasteiger partial charge is 0.306 e. The molecule has 0 aliphatic heterocycles. The molecule has 0 amide bonds. The topological polar surface area (TPSA) is 57.5 Å². The highest BCUT2D eigenvalue weighted by Gasteiger charge is 2.31. The lowest BCUT2D eigenvalue weighted by atomic mass is 9.87. The highest BCUT2D eigenvalue weighted by atomic mass is 35.5. The summed E-state index contributed by atoms with van der Waals surface area (Å²) >= 11 is 5.69. The predicted molar refractivity (Wildman–Crippen MR) is 40.6 cm³/mol. The van der Waals surface area contributed by atoms with Crippen LogP contribution in [-0.4, -0.2) is 27.7 Å². The summed E-state index contributed by atoms with van der Waals surface area (Å²) in [6.45, 7) is 0. The third kappa shape index (κ3) is 2.07. The molecule has 0 heterocycles. The van der Waals surface area contributed by atoms with Gasteiger partial charge in [-0.05, 0) is 19.3 Å². The first-order chi connectivity index (χ1) is 5.11. The van der Waals surface area contributed by atoms with Crippen LogP contribution in [0.3, 0.4) is 0 Å². The van der Waals surface area contributed by atoms with E-state index in [2.05, 4.69) is 0 Å². The number of rotatable bonds is 1. The first-order valence-electron chi connectivity index (χ1n) is 3.66. The summed E-state index contributed by atoms with van der Waals surface area (Å²) < 4.78 is 0. The van der Waals surface area contributed by atoms with Crippen molar-refractivity contribution in [1.29, 1.82) is 0 Å². The van der Waals surface area contributed by atoms with E-state index in [1.54, 1.807) is 0 Å². The minimum atomic E-state index is -0.826. The molecule has 1 fully saturated rings. The molecule has 64 valence electrons. The number of aliphatic hydroxyl groups excluding tert-OH is 1. The number of alkyl halides is 1. The zero-order valence-electron chi connectivity index (χ0n) is 6.03. The number of hydrogen-bond donors (Lipinski definition) is 2. The van der Waals surface area contributed by atoms with Crippen molar-refractivity contribution in [2.45, 2.75) is 30.7 Å². The Kier molecular flexibility index (Phi) is 2.73. The van der Waals surface area contributed by atoms with Gasteiger partial charge in [0.05, 0.1) is 17.4 Å². The summed E-state index contributed by atoms with van der Waals surface area (Å²) in [5.41, 5.74) is 0. The Balaban J connectivity index is 2.46. The van der Waals surface area contributed by atoms with Crippen molar-refractivity contribution in [2.75, 3.05) is 0 Å². The van der Waals surface area contributed by atoms with E-state index in [0.717, 1.165) is 0 Å².